The number of hydrogen-bond acceptors (Lipinski definition) is 3. The van der Waals surface area contributed by atoms with Gasteiger partial charge >= 0.3 is 0 Å². The van der Waals surface area contributed by atoms with Gasteiger partial charge in [-0.25, -0.2) is 8.57 Å². The van der Waals surface area contributed by atoms with Crippen LogP contribution in [0.2, 0.25) is 5.02 Å². The summed E-state index contributed by atoms with van der Waals surface area (Å²) in [5, 5.41) is 9.39. The summed E-state index contributed by atoms with van der Waals surface area (Å²) < 4.78 is 16.8. The molecule has 0 aromatic heterocycles. The van der Waals surface area contributed by atoms with Crippen LogP contribution >= 0.6 is 11.6 Å². The molecule has 5 heteroatoms. The molecule has 0 bridgehead atoms. The maximum Gasteiger partial charge on any atom is 0.119 e. The number of rotatable bonds is 5. The summed E-state index contributed by atoms with van der Waals surface area (Å²) in [6.45, 7) is 4.53. The van der Waals surface area contributed by atoms with Crippen LogP contribution in [0.3, 0.4) is 0 Å². The Morgan fingerprint density at radius 2 is 2.22 bits per heavy atom. The number of nitrogens with zero attached hydrogens (tertiary/aromatic N) is 2. The minimum absolute atomic E-state index is 0.0355. The summed E-state index contributed by atoms with van der Waals surface area (Å²) in [5.74, 6) is 0.587. The molecule has 0 fully saturated rings. The van der Waals surface area contributed by atoms with Gasteiger partial charge in [0.05, 0.1) is 28.1 Å². The van der Waals surface area contributed by atoms with Gasteiger partial charge in [0.1, 0.15) is 5.75 Å². The van der Waals surface area contributed by atoms with Crippen LogP contribution in [-0.2, 0) is 15.5 Å². The van der Waals surface area contributed by atoms with Crippen molar-refractivity contribution < 1.29 is 4.21 Å². The lowest BCUT2D eigenvalue weighted by Gasteiger charge is -2.08. The number of halogens is 1. The van der Waals surface area contributed by atoms with Gasteiger partial charge in [-0.1, -0.05) is 37.6 Å². The molecule has 0 aliphatic carbocycles. The number of nitriles is 1. The van der Waals surface area contributed by atoms with Crippen LogP contribution in [0.5, 0.6) is 0 Å². The Bertz CT molecular complexity index is 554. The minimum Gasteiger partial charge on any atom is -0.248 e. The third-order valence-corrected chi connectivity index (χ3v) is 4.47. The first-order valence-corrected chi connectivity index (χ1v) is 7.98. The summed E-state index contributed by atoms with van der Waals surface area (Å²) in [6.07, 6.45) is 0. The van der Waals surface area contributed by atoms with E-state index in [1.54, 1.807) is 12.1 Å². The number of benzene rings is 1. The van der Waals surface area contributed by atoms with E-state index in [1.807, 2.05) is 32.0 Å². The molecule has 98 valence electrons. The second-order valence-corrected chi connectivity index (χ2v) is 7.37. The SMILES string of the molecule is CC(C)CN=S(=O)(CC#N)Cc1cccc(Cl)c1. The van der Waals surface area contributed by atoms with E-state index in [0.29, 0.717) is 17.5 Å². The molecule has 0 amide bonds. The van der Waals surface area contributed by atoms with Gasteiger partial charge in [-0.3, -0.25) is 0 Å². The Labute approximate surface area is 114 Å². The first kappa shape index (κ1) is 15.0. The molecule has 0 N–H and O–H groups in total. The quantitative estimate of drug-likeness (QED) is 0.831. The summed E-state index contributed by atoms with van der Waals surface area (Å²) in [7, 11) is -2.50. The molecule has 1 aromatic rings. The van der Waals surface area contributed by atoms with Crippen molar-refractivity contribution >= 4 is 21.3 Å². The van der Waals surface area contributed by atoms with Crippen LogP contribution in [0.25, 0.3) is 0 Å². The highest BCUT2D eigenvalue weighted by atomic mass is 35.5. The molecule has 1 unspecified atom stereocenters. The van der Waals surface area contributed by atoms with Crippen LogP contribution in [0.4, 0.5) is 0 Å². The van der Waals surface area contributed by atoms with E-state index in [0.717, 1.165) is 5.56 Å². The molecule has 1 rings (SSSR count). The summed E-state index contributed by atoms with van der Waals surface area (Å²) in [5.41, 5.74) is 0.857. The lowest BCUT2D eigenvalue weighted by molar-refractivity contribution is 0.649. The fraction of sp³-hybridized carbons (Fsp3) is 0.462. The van der Waals surface area contributed by atoms with Crippen LogP contribution in [-0.4, -0.2) is 16.5 Å². The Balaban J connectivity index is 2.97. The largest absolute Gasteiger partial charge is 0.248 e. The van der Waals surface area contributed by atoms with Gasteiger partial charge in [-0.05, 0) is 23.6 Å². The van der Waals surface area contributed by atoms with E-state index < -0.39 is 9.73 Å². The van der Waals surface area contributed by atoms with Gasteiger partial charge in [-0.2, -0.15) is 5.26 Å². The van der Waals surface area contributed by atoms with E-state index in [1.165, 1.54) is 0 Å². The molecule has 0 aliphatic rings. The Kier molecular flexibility index (Phi) is 5.64. The highest BCUT2D eigenvalue weighted by Gasteiger charge is 2.10. The zero-order valence-electron chi connectivity index (χ0n) is 10.6. The maximum absolute atomic E-state index is 12.5. The van der Waals surface area contributed by atoms with Crippen LogP contribution in [0.15, 0.2) is 28.6 Å². The van der Waals surface area contributed by atoms with Crippen molar-refractivity contribution in [3.63, 3.8) is 0 Å². The number of hydrogen-bond donors (Lipinski definition) is 0. The third-order valence-electron chi connectivity index (χ3n) is 2.25. The molecule has 0 heterocycles. The zero-order valence-corrected chi connectivity index (χ0v) is 12.2. The van der Waals surface area contributed by atoms with Gasteiger partial charge in [-0.15, -0.1) is 0 Å². The Hall–Kier alpha value is -1.05. The fourth-order valence-corrected chi connectivity index (χ4v) is 3.38. The fourth-order valence-electron chi connectivity index (χ4n) is 1.42. The maximum atomic E-state index is 12.5. The normalized spacial score (nSPS) is 13.9. The highest BCUT2D eigenvalue weighted by molar-refractivity contribution is 7.93. The van der Waals surface area contributed by atoms with Crippen molar-refractivity contribution in [2.24, 2.45) is 10.3 Å². The zero-order chi connectivity index (χ0) is 13.6. The van der Waals surface area contributed by atoms with E-state index in [9.17, 15) is 4.21 Å². The lowest BCUT2D eigenvalue weighted by Crippen LogP contribution is -2.10. The van der Waals surface area contributed by atoms with E-state index in [-0.39, 0.29) is 11.5 Å². The van der Waals surface area contributed by atoms with Crippen LogP contribution in [0, 0.1) is 17.2 Å². The van der Waals surface area contributed by atoms with Crippen molar-refractivity contribution in [3.05, 3.63) is 34.9 Å². The van der Waals surface area contributed by atoms with E-state index in [2.05, 4.69) is 4.36 Å². The second-order valence-electron chi connectivity index (χ2n) is 4.55. The molecule has 0 saturated heterocycles. The van der Waals surface area contributed by atoms with Crippen molar-refractivity contribution in [2.75, 3.05) is 12.3 Å². The Morgan fingerprint density at radius 3 is 2.78 bits per heavy atom. The average Bonchev–Trinajstić information content (AvgIpc) is 2.27. The van der Waals surface area contributed by atoms with Gasteiger partial charge in [0, 0.05) is 5.02 Å². The molecular weight excluding hydrogens is 268 g/mol. The Morgan fingerprint density at radius 1 is 1.50 bits per heavy atom. The van der Waals surface area contributed by atoms with Gasteiger partial charge in [0.2, 0.25) is 0 Å². The molecule has 0 saturated carbocycles. The summed E-state index contributed by atoms with van der Waals surface area (Å²) in [4.78, 5) is 0. The summed E-state index contributed by atoms with van der Waals surface area (Å²) >= 11 is 5.89. The monoisotopic (exact) mass is 284 g/mol. The molecular formula is C13H17ClN2OS. The smallest absolute Gasteiger partial charge is 0.119 e. The molecule has 18 heavy (non-hydrogen) atoms. The summed E-state index contributed by atoms with van der Waals surface area (Å²) in [6, 6.07) is 9.17. The van der Waals surface area contributed by atoms with Crippen molar-refractivity contribution in [1.29, 1.82) is 5.26 Å². The predicted octanol–water partition coefficient (Wildman–Crippen LogP) is 3.49. The minimum atomic E-state index is -2.50. The molecule has 0 aliphatic heterocycles. The van der Waals surface area contributed by atoms with E-state index >= 15 is 0 Å². The van der Waals surface area contributed by atoms with Gasteiger partial charge in [0.25, 0.3) is 0 Å². The topological polar surface area (TPSA) is 53.2 Å². The van der Waals surface area contributed by atoms with Gasteiger partial charge in [0.15, 0.2) is 0 Å². The predicted molar refractivity (Wildman–Crippen MR) is 75.9 cm³/mol. The van der Waals surface area contributed by atoms with Crippen molar-refractivity contribution in [2.45, 2.75) is 19.6 Å². The first-order valence-electron chi connectivity index (χ1n) is 5.75. The second kappa shape index (κ2) is 6.77. The van der Waals surface area contributed by atoms with Crippen molar-refractivity contribution in [1.82, 2.24) is 0 Å². The first-order chi connectivity index (χ1) is 8.45. The third kappa shape index (κ3) is 5.07. The average molecular weight is 285 g/mol. The van der Waals surface area contributed by atoms with E-state index in [4.69, 9.17) is 16.9 Å². The van der Waals surface area contributed by atoms with Gasteiger partial charge < -0.3 is 0 Å². The van der Waals surface area contributed by atoms with Crippen molar-refractivity contribution in [3.8, 4) is 6.07 Å². The molecule has 0 radical (unpaired) electrons. The standard InChI is InChI=1S/C13H17ClN2OS/c1-11(2)9-16-18(17,7-6-15)10-12-4-3-5-13(14)8-12/h3-5,8,11H,7,9-10H2,1-2H3. The molecule has 3 nitrogen and oxygen atoms in total. The lowest BCUT2D eigenvalue weighted by atomic mass is 10.2. The molecule has 1 atom stereocenters. The van der Waals surface area contributed by atoms with Crippen LogP contribution in [0.1, 0.15) is 19.4 Å². The highest BCUT2D eigenvalue weighted by Crippen LogP contribution is 2.15. The molecule has 0 spiro atoms. The van der Waals surface area contributed by atoms with Crippen LogP contribution < -0.4 is 0 Å². The molecule has 1 aromatic carbocycles.